The highest BCUT2D eigenvalue weighted by atomic mass is 16.5. The Balaban J connectivity index is 2.49. The molecule has 4 heteroatoms. The zero-order chi connectivity index (χ0) is 13.4. The van der Waals surface area contributed by atoms with Crippen LogP contribution in [0.4, 0.5) is 0 Å². The van der Waals surface area contributed by atoms with Crippen LogP contribution in [0.2, 0.25) is 0 Å². The minimum Gasteiger partial charge on any atom is -0.462 e. The minimum absolute atomic E-state index is 0.0409. The summed E-state index contributed by atoms with van der Waals surface area (Å²) in [5, 5.41) is 0. The van der Waals surface area contributed by atoms with Crippen LogP contribution in [0.5, 0.6) is 0 Å². The number of ether oxygens (including phenoxy) is 2. The number of esters is 1. The van der Waals surface area contributed by atoms with Crippen molar-refractivity contribution < 1.29 is 14.3 Å². The van der Waals surface area contributed by atoms with E-state index >= 15 is 0 Å². The molecule has 0 saturated carbocycles. The van der Waals surface area contributed by atoms with Gasteiger partial charge in [-0.1, -0.05) is 19.1 Å². The van der Waals surface area contributed by atoms with E-state index in [-0.39, 0.29) is 12.1 Å². The van der Waals surface area contributed by atoms with Gasteiger partial charge in [0, 0.05) is 6.54 Å². The Bertz CT molecular complexity index is 362. The molecule has 0 aromatic heterocycles. The predicted molar refractivity (Wildman–Crippen MR) is 70.3 cm³/mol. The number of nitrogens with two attached hydrogens (primary N) is 1. The minimum atomic E-state index is -0.278. The molecule has 1 aromatic rings. The lowest BCUT2D eigenvalue weighted by molar-refractivity contribution is 0.0503. The van der Waals surface area contributed by atoms with Crippen molar-refractivity contribution in [3.8, 4) is 0 Å². The van der Waals surface area contributed by atoms with Gasteiger partial charge in [0.25, 0.3) is 0 Å². The van der Waals surface area contributed by atoms with E-state index in [1.165, 1.54) is 0 Å². The first-order chi connectivity index (χ1) is 8.67. The van der Waals surface area contributed by atoms with Gasteiger partial charge in [-0.25, -0.2) is 4.79 Å². The highest BCUT2D eigenvalue weighted by Gasteiger charge is 2.06. The number of rotatable bonds is 7. The normalized spacial score (nSPS) is 12.2. The molecule has 0 bridgehead atoms. The monoisotopic (exact) mass is 251 g/mol. The quantitative estimate of drug-likeness (QED) is 0.754. The summed E-state index contributed by atoms with van der Waals surface area (Å²) < 4.78 is 10.5. The van der Waals surface area contributed by atoms with Crippen LogP contribution in [0.25, 0.3) is 0 Å². The maximum absolute atomic E-state index is 11.6. The second kappa shape index (κ2) is 7.84. The molecule has 1 atom stereocenters. The third kappa shape index (κ3) is 4.85. The van der Waals surface area contributed by atoms with Crippen LogP contribution in [0.1, 0.15) is 36.2 Å². The highest BCUT2D eigenvalue weighted by molar-refractivity contribution is 5.89. The number of hydrogen-bond acceptors (Lipinski definition) is 4. The van der Waals surface area contributed by atoms with E-state index in [0.717, 1.165) is 12.0 Å². The average Bonchev–Trinajstić information content (AvgIpc) is 2.42. The van der Waals surface area contributed by atoms with Crippen LogP contribution in [0.15, 0.2) is 24.3 Å². The van der Waals surface area contributed by atoms with Gasteiger partial charge in [0.2, 0.25) is 0 Å². The average molecular weight is 251 g/mol. The van der Waals surface area contributed by atoms with Crippen molar-refractivity contribution in [2.24, 2.45) is 5.73 Å². The Morgan fingerprint density at radius 2 is 2.00 bits per heavy atom. The predicted octanol–water partition coefficient (Wildman–Crippen LogP) is 2.12. The van der Waals surface area contributed by atoms with Gasteiger partial charge >= 0.3 is 5.97 Å². The van der Waals surface area contributed by atoms with Gasteiger partial charge in [0.15, 0.2) is 0 Å². The molecule has 0 fully saturated rings. The fraction of sp³-hybridized carbons (Fsp3) is 0.500. The van der Waals surface area contributed by atoms with Crippen LogP contribution in [0, 0.1) is 0 Å². The van der Waals surface area contributed by atoms with Crippen molar-refractivity contribution in [2.45, 2.75) is 33.0 Å². The zero-order valence-corrected chi connectivity index (χ0v) is 11.0. The van der Waals surface area contributed by atoms with Crippen molar-refractivity contribution in [1.82, 2.24) is 0 Å². The summed E-state index contributed by atoms with van der Waals surface area (Å²) in [4.78, 5) is 11.6. The maximum Gasteiger partial charge on any atom is 0.338 e. The molecule has 1 aromatic carbocycles. The molecule has 0 aliphatic rings. The van der Waals surface area contributed by atoms with Crippen molar-refractivity contribution in [3.05, 3.63) is 35.4 Å². The summed E-state index contributed by atoms with van der Waals surface area (Å²) in [5.74, 6) is -0.278. The summed E-state index contributed by atoms with van der Waals surface area (Å²) in [6.45, 7) is 5.35. The van der Waals surface area contributed by atoms with E-state index in [2.05, 4.69) is 0 Å². The van der Waals surface area contributed by atoms with Crippen LogP contribution >= 0.6 is 0 Å². The smallest absolute Gasteiger partial charge is 0.338 e. The van der Waals surface area contributed by atoms with E-state index in [1.54, 1.807) is 12.1 Å². The van der Waals surface area contributed by atoms with Crippen LogP contribution < -0.4 is 5.73 Å². The summed E-state index contributed by atoms with van der Waals surface area (Å²) in [6, 6.07) is 7.24. The van der Waals surface area contributed by atoms with E-state index in [4.69, 9.17) is 15.2 Å². The summed E-state index contributed by atoms with van der Waals surface area (Å²) in [6.07, 6.45) is 0.869. The molecule has 0 heterocycles. The highest BCUT2D eigenvalue weighted by Crippen LogP contribution is 2.08. The van der Waals surface area contributed by atoms with Gasteiger partial charge in [-0.3, -0.25) is 0 Å². The van der Waals surface area contributed by atoms with Crippen LogP contribution in [0.3, 0.4) is 0 Å². The Kier molecular flexibility index (Phi) is 6.39. The van der Waals surface area contributed by atoms with Crippen molar-refractivity contribution in [2.75, 3.05) is 13.2 Å². The SMILES string of the molecule is CCCOC(=O)c1ccc(COC(C)CN)cc1. The third-order valence-corrected chi connectivity index (χ3v) is 2.49. The summed E-state index contributed by atoms with van der Waals surface area (Å²) >= 11 is 0. The lowest BCUT2D eigenvalue weighted by atomic mass is 10.1. The molecule has 0 aliphatic carbocycles. The molecule has 100 valence electrons. The molecule has 4 nitrogen and oxygen atoms in total. The molecule has 1 rings (SSSR count). The van der Waals surface area contributed by atoms with Gasteiger partial charge in [-0.15, -0.1) is 0 Å². The maximum atomic E-state index is 11.6. The fourth-order valence-corrected chi connectivity index (χ4v) is 1.32. The van der Waals surface area contributed by atoms with Gasteiger partial charge in [0.05, 0.1) is 24.9 Å². The number of benzene rings is 1. The van der Waals surface area contributed by atoms with Crippen molar-refractivity contribution in [1.29, 1.82) is 0 Å². The fourth-order valence-electron chi connectivity index (χ4n) is 1.32. The van der Waals surface area contributed by atoms with Gasteiger partial charge in [-0.2, -0.15) is 0 Å². The van der Waals surface area contributed by atoms with E-state index < -0.39 is 0 Å². The lowest BCUT2D eigenvalue weighted by Gasteiger charge is -2.10. The van der Waals surface area contributed by atoms with Crippen LogP contribution in [-0.4, -0.2) is 25.2 Å². The Hall–Kier alpha value is -1.39. The first-order valence-electron chi connectivity index (χ1n) is 6.25. The molecular weight excluding hydrogens is 230 g/mol. The second-order valence-corrected chi connectivity index (χ2v) is 4.19. The zero-order valence-electron chi connectivity index (χ0n) is 11.0. The van der Waals surface area contributed by atoms with Crippen molar-refractivity contribution >= 4 is 5.97 Å². The first kappa shape index (κ1) is 14.7. The molecule has 0 amide bonds. The molecule has 1 unspecified atom stereocenters. The summed E-state index contributed by atoms with van der Waals surface area (Å²) in [7, 11) is 0. The van der Waals surface area contributed by atoms with Crippen LogP contribution in [-0.2, 0) is 16.1 Å². The number of carbonyl (C=O) groups excluding carboxylic acids is 1. The number of hydrogen-bond donors (Lipinski definition) is 1. The Morgan fingerprint density at radius 1 is 1.33 bits per heavy atom. The molecule has 0 radical (unpaired) electrons. The summed E-state index contributed by atoms with van der Waals surface area (Å²) in [5.41, 5.74) is 7.04. The Morgan fingerprint density at radius 3 is 2.56 bits per heavy atom. The molecule has 0 aliphatic heterocycles. The molecule has 0 spiro atoms. The van der Waals surface area contributed by atoms with Gasteiger partial charge < -0.3 is 15.2 Å². The molecule has 18 heavy (non-hydrogen) atoms. The first-order valence-corrected chi connectivity index (χ1v) is 6.25. The third-order valence-electron chi connectivity index (χ3n) is 2.49. The van der Waals surface area contributed by atoms with Gasteiger partial charge in [-0.05, 0) is 31.0 Å². The molecule has 0 saturated heterocycles. The van der Waals surface area contributed by atoms with E-state index in [1.807, 2.05) is 26.0 Å². The Labute approximate surface area is 108 Å². The van der Waals surface area contributed by atoms with E-state index in [0.29, 0.717) is 25.3 Å². The lowest BCUT2D eigenvalue weighted by Crippen LogP contribution is -2.19. The molecule has 2 N–H and O–H groups in total. The standard InChI is InChI=1S/C14H21NO3/c1-3-8-17-14(16)13-6-4-12(5-7-13)10-18-11(2)9-15/h4-7,11H,3,8-10,15H2,1-2H3. The van der Waals surface area contributed by atoms with E-state index in [9.17, 15) is 4.79 Å². The molecular formula is C14H21NO3. The second-order valence-electron chi connectivity index (χ2n) is 4.19. The largest absolute Gasteiger partial charge is 0.462 e. The van der Waals surface area contributed by atoms with Gasteiger partial charge in [0.1, 0.15) is 0 Å². The van der Waals surface area contributed by atoms with Crippen molar-refractivity contribution in [3.63, 3.8) is 0 Å². The number of carbonyl (C=O) groups is 1. The topological polar surface area (TPSA) is 61.5 Å².